The van der Waals surface area contributed by atoms with Crippen molar-refractivity contribution in [3.05, 3.63) is 48.5 Å². The van der Waals surface area contributed by atoms with Crippen molar-refractivity contribution >= 4 is 46.4 Å². The Morgan fingerprint density at radius 2 is 1.97 bits per heavy atom. The highest BCUT2D eigenvalue weighted by atomic mass is 16.3. The number of aliphatic imine (C=N–C) groups is 1. The topological polar surface area (TPSA) is 106 Å². The molecule has 1 saturated heterocycles. The van der Waals surface area contributed by atoms with Crippen LogP contribution >= 0.6 is 0 Å². The number of anilines is 2. The largest absolute Gasteiger partial charge is 0.393 e. The molecule has 8 nitrogen and oxygen atoms in total. The lowest BCUT2D eigenvalue weighted by Gasteiger charge is -2.31. The summed E-state index contributed by atoms with van der Waals surface area (Å²) in [6, 6.07) is 15.3. The Bertz CT molecular complexity index is 1040. The zero-order chi connectivity index (χ0) is 21.1. The van der Waals surface area contributed by atoms with Gasteiger partial charge in [0.25, 0.3) is 0 Å². The van der Waals surface area contributed by atoms with Crippen molar-refractivity contribution in [1.29, 1.82) is 0 Å². The Kier molecular flexibility index (Phi) is 5.58. The summed E-state index contributed by atoms with van der Waals surface area (Å²) in [5.74, 6) is 0.245. The smallest absolute Gasteiger partial charge is 0.326 e. The summed E-state index contributed by atoms with van der Waals surface area (Å²) in [5, 5.41) is 17.0. The van der Waals surface area contributed by atoms with E-state index in [1.54, 1.807) is 10.9 Å². The highest BCUT2D eigenvalue weighted by Gasteiger charge is 2.24. The summed E-state index contributed by atoms with van der Waals surface area (Å²) in [7, 11) is 0. The normalized spacial score (nSPS) is 18.3. The van der Waals surface area contributed by atoms with E-state index in [-0.39, 0.29) is 12.0 Å². The van der Waals surface area contributed by atoms with Gasteiger partial charge in [0.15, 0.2) is 11.4 Å². The van der Waals surface area contributed by atoms with Gasteiger partial charge >= 0.3 is 5.84 Å². The molecule has 8 heteroatoms. The quantitative estimate of drug-likeness (QED) is 0.679. The van der Waals surface area contributed by atoms with Gasteiger partial charge in [-0.05, 0) is 43.2 Å². The first kappa shape index (κ1) is 19.8. The van der Waals surface area contributed by atoms with E-state index < -0.39 is 0 Å². The van der Waals surface area contributed by atoms with Crippen LogP contribution in [0.5, 0.6) is 0 Å². The number of hydrogen-bond acceptors (Lipinski definition) is 6. The molecular weight excluding hydrogens is 380 g/mol. The lowest BCUT2D eigenvalue weighted by Crippen LogP contribution is -2.35. The number of amidine groups is 1. The maximum Gasteiger partial charge on any atom is 0.326 e. The summed E-state index contributed by atoms with van der Waals surface area (Å²) >= 11 is 0. The lowest BCUT2D eigenvalue weighted by atomic mass is 10.1. The molecule has 0 unspecified atom stereocenters. The van der Waals surface area contributed by atoms with Crippen LogP contribution in [0.4, 0.5) is 22.7 Å². The molecule has 0 atom stereocenters. The standard InChI is InChI=1S/C22H24N6O2/c1-15(29)25-20-13-17(27-11-9-18(30)10-12-27)7-8-19(20)26-21-14-24-28(22(21)23)16-5-3-2-4-6-16/h2-8,13-14,18,30H,9-12H2,1H3,(H2,23,24,25,29)/p+1. The number of piperidine rings is 1. The molecule has 0 aliphatic carbocycles. The third-order valence-electron chi connectivity index (χ3n) is 5.15. The van der Waals surface area contributed by atoms with Crippen LogP contribution in [0.15, 0.2) is 58.6 Å². The maximum atomic E-state index is 11.8. The molecule has 0 aromatic heterocycles. The Hall–Kier alpha value is -3.52. The van der Waals surface area contributed by atoms with E-state index in [0.29, 0.717) is 22.9 Å². The van der Waals surface area contributed by atoms with Crippen molar-refractivity contribution < 1.29 is 14.6 Å². The van der Waals surface area contributed by atoms with Gasteiger partial charge in [0.2, 0.25) is 5.91 Å². The summed E-state index contributed by atoms with van der Waals surface area (Å²) in [4.78, 5) is 18.6. The number of hydrazone groups is 1. The highest BCUT2D eigenvalue weighted by molar-refractivity contribution is 6.62. The van der Waals surface area contributed by atoms with E-state index in [2.05, 4.69) is 20.3 Å². The highest BCUT2D eigenvalue weighted by Crippen LogP contribution is 2.32. The third-order valence-corrected chi connectivity index (χ3v) is 5.15. The second kappa shape index (κ2) is 8.46. The zero-order valence-corrected chi connectivity index (χ0v) is 16.8. The third kappa shape index (κ3) is 4.23. The van der Waals surface area contributed by atoms with Crippen molar-refractivity contribution in [1.82, 2.24) is 0 Å². The average Bonchev–Trinajstić information content (AvgIpc) is 3.10. The summed E-state index contributed by atoms with van der Waals surface area (Å²) in [6.07, 6.45) is 2.84. The predicted molar refractivity (Wildman–Crippen MR) is 119 cm³/mol. The zero-order valence-electron chi connectivity index (χ0n) is 16.8. The minimum atomic E-state index is -0.241. The fraction of sp³-hybridized carbons (Fsp3) is 0.273. The van der Waals surface area contributed by atoms with E-state index in [4.69, 9.17) is 5.73 Å². The van der Waals surface area contributed by atoms with E-state index in [9.17, 15) is 9.90 Å². The summed E-state index contributed by atoms with van der Waals surface area (Å²) < 4.78 is 1.63. The number of rotatable bonds is 4. The molecule has 1 fully saturated rings. The molecule has 2 aromatic carbocycles. The molecule has 2 aliphatic heterocycles. The number of para-hydroxylation sites is 1. The lowest BCUT2D eigenvalue weighted by molar-refractivity contribution is -0.441. The number of nitrogens with zero attached hydrogens (tertiary/aromatic N) is 4. The number of nitrogens with two attached hydrogens (primary N) is 1. The molecular formula is C22H25N6O2+. The Balaban J connectivity index is 1.66. The van der Waals surface area contributed by atoms with Gasteiger partial charge in [-0.2, -0.15) is 0 Å². The van der Waals surface area contributed by atoms with Gasteiger partial charge in [0, 0.05) is 25.7 Å². The van der Waals surface area contributed by atoms with Crippen LogP contribution in [0.1, 0.15) is 19.8 Å². The summed E-state index contributed by atoms with van der Waals surface area (Å²) in [5.41, 5.74) is 9.85. The van der Waals surface area contributed by atoms with Crippen molar-refractivity contribution in [3.8, 4) is 0 Å². The Labute approximate surface area is 175 Å². The van der Waals surface area contributed by atoms with Crippen molar-refractivity contribution in [2.75, 3.05) is 23.3 Å². The molecule has 2 aromatic rings. The molecule has 2 heterocycles. The molecule has 0 bridgehead atoms. The molecule has 0 spiro atoms. The second-order valence-corrected chi connectivity index (χ2v) is 7.38. The van der Waals surface area contributed by atoms with E-state index in [1.807, 2.05) is 48.5 Å². The first-order valence-electron chi connectivity index (χ1n) is 9.96. The number of benzene rings is 2. The number of carbonyl (C=O) groups excluding carboxylic acids is 1. The molecule has 0 radical (unpaired) electrons. The Morgan fingerprint density at radius 1 is 1.23 bits per heavy atom. The maximum absolute atomic E-state index is 11.8. The molecule has 154 valence electrons. The van der Waals surface area contributed by atoms with Crippen LogP contribution in [-0.4, -0.2) is 52.7 Å². The van der Waals surface area contributed by atoms with Crippen LogP contribution in [-0.2, 0) is 4.79 Å². The average molecular weight is 405 g/mol. The molecule has 4 N–H and O–H groups in total. The Morgan fingerprint density at radius 3 is 2.67 bits per heavy atom. The van der Waals surface area contributed by atoms with Gasteiger partial charge < -0.3 is 15.3 Å². The van der Waals surface area contributed by atoms with Gasteiger partial charge in [0.05, 0.1) is 17.5 Å². The van der Waals surface area contributed by atoms with Crippen LogP contribution in [0.2, 0.25) is 0 Å². The van der Waals surface area contributed by atoms with E-state index in [0.717, 1.165) is 37.3 Å². The van der Waals surface area contributed by atoms with Gasteiger partial charge in [-0.3, -0.25) is 10.5 Å². The first-order chi connectivity index (χ1) is 14.5. The number of amides is 1. The van der Waals surface area contributed by atoms with Gasteiger partial charge in [0.1, 0.15) is 6.21 Å². The fourth-order valence-corrected chi connectivity index (χ4v) is 3.57. The van der Waals surface area contributed by atoms with Gasteiger partial charge in [-0.15, -0.1) is 0 Å². The molecule has 0 saturated carbocycles. The number of aliphatic hydroxyl groups is 1. The minimum absolute atomic E-state index is 0.175. The van der Waals surface area contributed by atoms with Crippen LogP contribution in [0.25, 0.3) is 0 Å². The number of hydrogen-bond donors (Lipinski definition) is 3. The first-order valence-corrected chi connectivity index (χ1v) is 9.96. The SMILES string of the molecule is CC(=O)Nc1cc(N2CCC(O)CC2)ccc1N=C1C=N[N+](c2ccccc2)=C1N. The second-order valence-electron chi connectivity index (χ2n) is 7.38. The minimum Gasteiger partial charge on any atom is -0.393 e. The van der Waals surface area contributed by atoms with Crippen LogP contribution in [0, 0.1) is 0 Å². The fourth-order valence-electron chi connectivity index (χ4n) is 3.57. The number of carbonyl (C=O) groups is 1. The predicted octanol–water partition coefficient (Wildman–Crippen LogP) is 2.38. The summed E-state index contributed by atoms with van der Waals surface area (Å²) in [6.45, 7) is 3.01. The molecule has 4 rings (SSSR count). The van der Waals surface area contributed by atoms with Crippen molar-refractivity contribution in [2.24, 2.45) is 15.8 Å². The van der Waals surface area contributed by atoms with E-state index in [1.165, 1.54) is 6.92 Å². The number of aliphatic hydroxyl groups excluding tert-OH is 1. The molecule has 30 heavy (non-hydrogen) atoms. The van der Waals surface area contributed by atoms with Gasteiger partial charge in [-0.1, -0.05) is 28.0 Å². The molecule has 1 amide bonds. The van der Waals surface area contributed by atoms with Crippen molar-refractivity contribution in [2.45, 2.75) is 25.9 Å². The molecule has 2 aliphatic rings. The van der Waals surface area contributed by atoms with E-state index >= 15 is 0 Å². The van der Waals surface area contributed by atoms with Gasteiger partial charge in [-0.25, -0.2) is 4.99 Å². The number of nitrogens with one attached hydrogen (secondary N) is 1. The monoisotopic (exact) mass is 405 g/mol. The van der Waals surface area contributed by atoms with Crippen LogP contribution < -0.4 is 16.0 Å². The van der Waals surface area contributed by atoms with Crippen molar-refractivity contribution in [3.63, 3.8) is 0 Å². The van der Waals surface area contributed by atoms with Crippen LogP contribution in [0.3, 0.4) is 0 Å².